The Kier molecular flexibility index (Phi) is 6.34. The van der Waals surface area contributed by atoms with Crippen molar-refractivity contribution in [2.75, 3.05) is 13.1 Å². The van der Waals surface area contributed by atoms with Crippen LogP contribution in [0, 0.1) is 5.92 Å². The number of imide groups is 2. The predicted molar refractivity (Wildman–Crippen MR) is 104 cm³/mol. The predicted octanol–water partition coefficient (Wildman–Crippen LogP) is 2.37. The molecule has 0 spiro atoms. The number of carbonyl (C=O) groups excluding carboxylic acids is 4. The first kappa shape index (κ1) is 20.3. The Morgan fingerprint density at radius 2 is 1.93 bits per heavy atom. The third kappa shape index (κ3) is 4.35. The van der Waals surface area contributed by atoms with Crippen LogP contribution in [0.15, 0.2) is 24.3 Å². The summed E-state index contributed by atoms with van der Waals surface area (Å²) in [6, 6.07) is 6.35. The number of rotatable bonds is 6. The van der Waals surface area contributed by atoms with Crippen molar-refractivity contribution in [3.8, 4) is 0 Å². The van der Waals surface area contributed by atoms with E-state index in [1.54, 1.807) is 6.07 Å². The fourth-order valence-corrected chi connectivity index (χ4v) is 4.09. The van der Waals surface area contributed by atoms with Crippen LogP contribution in [0.4, 0.5) is 4.79 Å². The number of hydrogen-bond acceptors (Lipinski definition) is 4. The number of hydrogen-bond donors (Lipinski definition) is 1. The summed E-state index contributed by atoms with van der Waals surface area (Å²) in [7, 11) is 0. The summed E-state index contributed by atoms with van der Waals surface area (Å²) in [6.45, 7) is 1.88. The summed E-state index contributed by atoms with van der Waals surface area (Å²) in [4.78, 5) is 51.3. The van der Waals surface area contributed by atoms with E-state index in [4.69, 9.17) is 11.6 Å². The van der Waals surface area contributed by atoms with Gasteiger partial charge in [0.05, 0.1) is 0 Å². The number of amides is 5. The van der Waals surface area contributed by atoms with Gasteiger partial charge < -0.3 is 5.32 Å². The van der Waals surface area contributed by atoms with Gasteiger partial charge in [-0.15, -0.1) is 0 Å². The Labute approximate surface area is 169 Å². The van der Waals surface area contributed by atoms with Crippen LogP contribution in [-0.4, -0.2) is 52.7 Å². The van der Waals surface area contributed by atoms with Crippen molar-refractivity contribution in [1.29, 1.82) is 0 Å². The lowest BCUT2D eigenvalue weighted by Crippen LogP contribution is -2.47. The number of halogens is 1. The normalized spacial score (nSPS) is 22.7. The first-order valence-corrected chi connectivity index (χ1v) is 9.96. The molecule has 0 unspecified atom stereocenters. The molecule has 1 saturated carbocycles. The SMILES string of the molecule is C[C@H]1CCCC[C@H]1N1C(=O)C(=O)N(CC(=O)NCCc2cccc(Cl)c2)C1=O. The molecule has 1 aliphatic heterocycles. The van der Waals surface area contributed by atoms with Crippen molar-refractivity contribution < 1.29 is 19.2 Å². The van der Waals surface area contributed by atoms with Crippen LogP contribution >= 0.6 is 11.6 Å². The molecular formula is C20H24ClN3O4. The van der Waals surface area contributed by atoms with Gasteiger partial charge >= 0.3 is 17.8 Å². The average molecular weight is 406 g/mol. The molecule has 1 heterocycles. The lowest BCUT2D eigenvalue weighted by molar-refractivity contribution is -0.145. The molecule has 7 nitrogen and oxygen atoms in total. The third-order valence-corrected chi connectivity index (χ3v) is 5.64. The lowest BCUT2D eigenvalue weighted by Gasteiger charge is -2.34. The summed E-state index contributed by atoms with van der Waals surface area (Å²) < 4.78 is 0. The molecule has 1 saturated heterocycles. The summed E-state index contributed by atoms with van der Waals surface area (Å²) in [5, 5.41) is 3.30. The lowest BCUT2D eigenvalue weighted by atomic mass is 9.85. The zero-order valence-corrected chi connectivity index (χ0v) is 16.6. The van der Waals surface area contributed by atoms with Gasteiger partial charge in [0.1, 0.15) is 6.54 Å². The smallest absolute Gasteiger partial charge is 0.334 e. The first-order chi connectivity index (χ1) is 13.4. The van der Waals surface area contributed by atoms with Crippen molar-refractivity contribution in [1.82, 2.24) is 15.1 Å². The molecule has 1 N–H and O–H groups in total. The molecule has 1 aromatic rings. The third-order valence-electron chi connectivity index (χ3n) is 5.41. The van der Waals surface area contributed by atoms with Crippen LogP contribution in [0.25, 0.3) is 0 Å². The molecule has 1 aromatic carbocycles. The van der Waals surface area contributed by atoms with Gasteiger partial charge in [-0.3, -0.25) is 19.3 Å². The molecule has 2 aliphatic rings. The Bertz CT molecular complexity index is 797. The molecule has 0 radical (unpaired) electrons. The van der Waals surface area contributed by atoms with E-state index in [1.165, 1.54) is 0 Å². The number of nitrogens with one attached hydrogen (secondary N) is 1. The van der Waals surface area contributed by atoms with E-state index in [0.29, 0.717) is 24.4 Å². The highest BCUT2D eigenvalue weighted by atomic mass is 35.5. The van der Waals surface area contributed by atoms with E-state index < -0.39 is 30.3 Å². The second-order valence-corrected chi connectivity index (χ2v) is 7.84. The van der Waals surface area contributed by atoms with Crippen LogP contribution in [0.5, 0.6) is 0 Å². The standard InChI is InChI=1S/C20H24ClN3O4/c1-13-5-2-3-8-16(13)24-19(27)18(26)23(20(24)28)12-17(25)22-10-9-14-6-4-7-15(21)11-14/h4,6-7,11,13,16H,2-3,5,8-10,12H2,1H3,(H,22,25)/t13-,16+/m0/s1. The van der Waals surface area contributed by atoms with Crippen molar-refractivity contribution in [3.63, 3.8) is 0 Å². The molecule has 2 fully saturated rings. The zero-order valence-electron chi connectivity index (χ0n) is 15.8. The number of benzene rings is 1. The molecule has 5 amide bonds. The molecule has 150 valence electrons. The van der Waals surface area contributed by atoms with Crippen molar-refractivity contribution in [2.24, 2.45) is 5.92 Å². The largest absolute Gasteiger partial charge is 0.354 e. The molecule has 8 heteroatoms. The number of nitrogens with zero attached hydrogens (tertiary/aromatic N) is 2. The Balaban J connectivity index is 1.55. The summed E-state index contributed by atoms with van der Waals surface area (Å²) in [5.74, 6) is -2.07. The van der Waals surface area contributed by atoms with Gasteiger partial charge in [-0.2, -0.15) is 0 Å². The summed E-state index contributed by atoms with van der Waals surface area (Å²) in [5.41, 5.74) is 0.966. The van der Waals surface area contributed by atoms with E-state index in [-0.39, 0.29) is 12.0 Å². The topological polar surface area (TPSA) is 86.8 Å². The van der Waals surface area contributed by atoms with E-state index in [0.717, 1.165) is 34.6 Å². The Hall–Kier alpha value is -2.41. The first-order valence-electron chi connectivity index (χ1n) is 9.58. The maximum atomic E-state index is 12.7. The maximum Gasteiger partial charge on any atom is 0.334 e. The molecule has 28 heavy (non-hydrogen) atoms. The van der Waals surface area contributed by atoms with Crippen LogP contribution in [-0.2, 0) is 20.8 Å². The van der Waals surface area contributed by atoms with Crippen molar-refractivity contribution >= 4 is 35.4 Å². The van der Waals surface area contributed by atoms with Gasteiger partial charge in [0.2, 0.25) is 5.91 Å². The Morgan fingerprint density at radius 1 is 1.18 bits per heavy atom. The quantitative estimate of drug-likeness (QED) is 0.581. The van der Waals surface area contributed by atoms with Gasteiger partial charge in [0.25, 0.3) is 0 Å². The van der Waals surface area contributed by atoms with Gasteiger partial charge in [-0.1, -0.05) is 43.5 Å². The second-order valence-electron chi connectivity index (χ2n) is 7.41. The Morgan fingerprint density at radius 3 is 2.64 bits per heavy atom. The number of urea groups is 1. The minimum atomic E-state index is -0.923. The molecule has 3 rings (SSSR count). The van der Waals surface area contributed by atoms with Crippen molar-refractivity contribution in [2.45, 2.75) is 45.1 Å². The molecule has 1 aliphatic carbocycles. The van der Waals surface area contributed by atoms with Crippen LogP contribution in [0.2, 0.25) is 5.02 Å². The van der Waals surface area contributed by atoms with Crippen molar-refractivity contribution in [3.05, 3.63) is 34.9 Å². The van der Waals surface area contributed by atoms with E-state index in [1.807, 2.05) is 25.1 Å². The molecule has 0 aromatic heterocycles. The zero-order chi connectivity index (χ0) is 20.3. The number of carbonyl (C=O) groups is 4. The fraction of sp³-hybridized carbons (Fsp3) is 0.500. The minimum absolute atomic E-state index is 0.154. The van der Waals surface area contributed by atoms with E-state index in [2.05, 4.69) is 5.32 Å². The highest BCUT2D eigenvalue weighted by molar-refractivity contribution is 6.45. The highest BCUT2D eigenvalue weighted by Gasteiger charge is 2.49. The molecule has 2 atom stereocenters. The highest BCUT2D eigenvalue weighted by Crippen LogP contribution is 2.31. The van der Waals surface area contributed by atoms with Crippen LogP contribution < -0.4 is 5.32 Å². The van der Waals surface area contributed by atoms with Gasteiger partial charge in [-0.25, -0.2) is 9.69 Å². The summed E-state index contributed by atoms with van der Waals surface area (Å²) in [6.07, 6.45) is 4.16. The monoisotopic (exact) mass is 405 g/mol. The second kappa shape index (κ2) is 8.73. The van der Waals surface area contributed by atoms with E-state index >= 15 is 0 Å². The fourth-order valence-electron chi connectivity index (χ4n) is 3.87. The van der Waals surface area contributed by atoms with Gasteiger partial charge in [0, 0.05) is 17.6 Å². The maximum absolute atomic E-state index is 12.7. The van der Waals surface area contributed by atoms with Crippen LogP contribution in [0.1, 0.15) is 38.2 Å². The summed E-state index contributed by atoms with van der Waals surface area (Å²) >= 11 is 5.93. The molecular weight excluding hydrogens is 382 g/mol. The van der Waals surface area contributed by atoms with Gasteiger partial charge in [0.15, 0.2) is 0 Å². The molecule has 0 bridgehead atoms. The minimum Gasteiger partial charge on any atom is -0.354 e. The average Bonchev–Trinajstić information content (AvgIpc) is 2.86. The van der Waals surface area contributed by atoms with Crippen LogP contribution in [0.3, 0.4) is 0 Å². The van der Waals surface area contributed by atoms with Gasteiger partial charge in [-0.05, 0) is 42.9 Å². The van der Waals surface area contributed by atoms with E-state index in [9.17, 15) is 19.2 Å².